The fourth-order valence-electron chi connectivity index (χ4n) is 1.77. The summed E-state index contributed by atoms with van der Waals surface area (Å²) in [5.74, 6) is -0.721. The molecule has 2 N–H and O–H groups in total. The number of hydrogen-bond acceptors (Lipinski definition) is 3. The zero-order valence-corrected chi connectivity index (χ0v) is 11.6. The lowest BCUT2D eigenvalue weighted by Crippen LogP contribution is -2.38. The molecule has 0 heterocycles. The lowest BCUT2D eigenvalue weighted by Gasteiger charge is -2.15. The first-order chi connectivity index (χ1) is 8.95. The highest BCUT2D eigenvalue weighted by Gasteiger charge is 2.14. The van der Waals surface area contributed by atoms with Crippen molar-refractivity contribution in [2.24, 2.45) is 5.73 Å². The lowest BCUT2D eigenvalue weighted by atomic mass is 10.1. The maximum absolute atomic E-state index is 11.3. The number of rotatable bonds is 5. The Labute approximate surface area is 113 Å². The SMILES string of the molecule is CCOc1ccc(CCN(C)C(=O)C(N)=O)cc1C. The summed E-state index contributed by atoms with van der Waals surface area (Å²) in [6, 6.07) is 5.90. The van der Waals surface area contributed by atoms with E-state index in [0.29, 0.717) is 19.6 Å². The molecule has 0 saturated carbocycles. The number of hydrogen-bond donors (Lipinski definition) is 1. The summed E-state index contributed by atoms with van der Waals surface area (Å²) in [6.45, 7) is 5.01. The predicted molar refractivity (Wildman–Crippen MR) is 72.9 cm³/mol. The van der Waals surface area contributed by atoms with Crippen molar-refractivity contribution in [3.8, 4) is 5.75 Å². The molecule has 0 spiro atoms. The van der Waals surface area contributed by atoms with Crippen molar-refractivity contribution in [1.82, 2.24) is 4.90 Å². The molecule has 0 fully saturated rings. The van der Waals surface area contributed by atoms with Gasteiger partial charge in [0.05, 0.1) is 6.61 Å². The van der Waals surface area contributed by atoms with Gasteiger partial charge in [-0.05, 0) is 37.5 Å². The van der Waals surface area contributed by atoms with Gasteiger partial charge in [-0.1, -0.05) is 12.1 Å². The summed E-state index contributed by atoms with van der Waals surface area (Å²) in [7, 11) is 1.56. The van der Waals surface area contributed by atoms with Gasteiger partial charge in [-0.25, -0.2) is 0 Å². The van der Waals surface area contributed by atoms with E-state index < -0.39 is 11.8 Å². The van der Waals surface area contributed by atoms with Crippen molar-refractivity contribution in [2.75, 3.05) is 20.2 Å². The molecular weight excluding hydrogens is 244 g/mol. The second-order valence-corrected chi connectivity index (χ2v) is 4.37. The van der Waals surface area contributed by atoms with Crippen molar-refractivity contribution >= 4 is 11.8 Å². The van der Waals surface area contributed by atoms with Crippen LogP contribution in [-0.4, -0.2) is 36.9 Å². The molecule has 1 aromatic rings. The summed E-state index contributed by atoms with van der Waals surface area (Å²) >= 11 is 0. The van der Waals surface area contributed by atoms with E-state index in [9.17, 15) is 9.59 Å². The van der Waals surface area contributed by atoms with Gasteiger partial charge >= 0.3 is 11.8 Å². The van der Waals surface area contributed by atoms with E-state index in [1.54, 1.807) is 7.05 Å². The Kier molecular flexibility index (Phi) is 5.36. The molecule has 0 saturated heterocycles. The van der Waals surface area contributed by atoms with Gasteiger partial charge in [0.25, 0.3) is 0 Å². The van der Waals surface area contributed by atoms with E-state index >= 15 is 0 Å². The van der Waals surface area contributed by atoms with Gasteiger partial charge in [-0.3, -0.25) is 9.59 Å². The van der Waals surface area contributed by atoms with E-state index in [1.165, 1.54) is 4.90 Å². The van der Waals surface area contributed by atoms with Crippen LogP contribution in [0.4, 0.5) is 0 Å². The Morgan fingerprint density at radius 3 is 2.58 bits per heavy atom. The van der Waals surface area contributed by atoms with Gasteiger partial charge in [0.15, 0.2) is 0 Å². The second-order valence-electron chi connectivity index (χ2n) is 4.37. The molecule has 0 radical (unpaired) electrons. The first kappa shape index (κ1) is 15.0. The van der Waals surface area contributed by atoms with Gasteiger partial charge in [0.2, 0.25) is 0 Å². The smallest absolute Gasteiger partial charge is 0.311 e. The molecule has 0 bridgehead atoms. The predicted octanol–water partition coefficient (Wildman–Crippen LogP) is 0.880. The first-order valence-electron chi connectivity index (χ1n) is 6.23. The molecule has 0 unspecified atom stereocenters. The third kappa shape index (κ3) is 4.28. The summed E-state index contributed by atoms with van der Waals surface area (Å²) in [6.07, 6.45) is 0.669. The molecule has 0 aliphatic heterocycles. The maximum atomic E-state index is 11.3. The molecule has 0 atom stereocenters. The van der Waals surface area contributed by atoms with E-state index in [0.717, 1.165) is 16.9 Å². The van der Waals surface area contributed by atoms with Crippen molar-refractivity contribution in [3.05, 3.63) is 29.3 Å². The number of ether oxygens (including phenoxy) is 1. The quantitative estimate of drug-likeness (QED) is 0.802. The Balaban J connectivity index is 2.61. The van der Waals surface area contributed by atoms with Crippen LogP contribution in [0.1, 0.15) is 18.1 Å². The highest BCUT2D eigenvalue weighted by molar-refractivity contribution is 6.34. The average Bonchev–Trinajstić information content (AvgIpc) is 2.38. The largest absolute Gasteiger partial charge is 0.494 e. The summed E-state index contributed by atoms with van der Waals surface area (Å²) < 4.78 is 5.46. The van der Waals surface area contributed by atoms with E-state index in [4.69, 9.17) is 10.5 Å². The van der Waals surface area contributed by atoms with Crippen molar-refractivity contribution in [2.45, 2.75) is 20.3 Å². The third-order valence-corrected chi connectivity index (χ3v) is 2.83. The van der Waals surface area contributed by atoms with Crippen LogP contribution in [-0.2, 0) is 16.0 Å². The van der Waals surface area contributed by atoms with E-state index in [2.05, 4.69) is 0 Å². The van der Waals surface area contributed by atoms with E-state index in [1.807, 2.05) is 32.0 Å². The van der Waals surface area contributed by atoms with Crippen LogP contribution in [0.2, 0.25) is 0 Å². The molecule has 1 aromatic carbocycles. The number of benzene rings is 1. The monoisotopic (exact) mass is 264 g/mol. The maximum Gasteiger partial charge on any atom is 0.311 e. The molecule has 0 aliphatic carbocycles. The second kappa shape index (κ2) is 6.78. The van der Waals surface area contributed by atoms with Crippen LogP contribution in [0.25, 0.3) is 0 Å². The van der Waals surface area contributed by atoms with E-state index in [-0.39, 0.29) is 0 Å². The highest BCUT2D eigenvalue weighted by atomic mass is 16.5. The number of aryl methyl sites for hydroxylation is 1. The molecule has 19 heavy (non-hydrogen) atoms. The molecule has 1 rings (SSSR count). The highest BCUT2D eigenvalue weighted by Crippen LogP contribution is 2.19. The number of amides is 2. The topological polar surface area (TPSA) is 72.6 Å². The minimum atomic E-state index is -0.926. The van der Waals surface area contributed by atoms with Gasteiger partial charge in [0.1, 0.15) is 5.75 Å². The Hall–Kier alpha value is -2.04. The molecule has 5 heteroatoms. The summed E-state index contributed by atoms with van der Waals surface area (Å²) in [5.41, 5.74) is 7.08. The molecule has 104 valence electrons. The molecule has 0 aromatic heterocycles. The zero-order chi connectivity index (χ0) is 14.4. The Morgan fingerprint density at radius 2 is 2.05 bits per heavy atom. The minimum Gasteiger partial charge on any atom is -0.494 e. The third-order valence-electron chi connectivity index (χ3n) is 2.83. The molecule has 5 nitrogen and oxygen atoms in total. The number of primary amides is 1. The Morgan fingerprint density at radius 1 is 1.37 bits per heavy atom. The van der Waals surface area contributed by atoms with Gasteiger partial charge in [0, 0.05) is 13.6 Å². The van der Waals surface area contributed by atoms with Gasteiger partial charge < -0.3 is 15.4 Å². The first-order valence-corrected chi connectivity index (χ1v) is 6.23. The van der Waals surface area contributed by atoms with Crippen molar-refractivity contribution in [3.63, 3.8) is 0 Å². The zero-order valence-electron chi connectivity index (χ0n) is 11.6. The van der Waals surface area contributed by atoms with Crippen LogP contribution >= 0.6 is 0 Å². The Bertz CT molecular complexity index is 472. The van der Waals surface area contributed by atoms with Crippen molar-refractivity contribution in [1.29, 1.82) is 0 Å². The van der Waals surface area contributed by atoms with Crippen molar-refractivity contribution < 1.29 is 14.3 Å². The average molecular weight is 264 g/mol. The normalized spacial score (nSPS) is 10.1. The summed E-state index contributed by atoms with van der Waals surface area (Å²) in [5, 5.41) is 0. The number of carbonyl (C=O) groups excluding carboxylic acids is 2. The molecule has 2 amide bonds. The fraction of sp³-hybridized carbons (Fsp3) is 0.429. The van der Waals surface area contributed by atoms with Gasteiger partial charge in [-0.15, -0.1) is 0 Å². The fourth-order valence-corrected chi connectivity index (χ4v) is 1.77. The number of carbonyl (C=O) groups is 2. The lowest BCUT2D eigenvalue weighted by molar-refractivity contribution is -0.143. The van der Waals surface area contributed by atoms with Crippen LogP contribution in [0.15, 0.2) is 18.2 Å². The van der Waals surface area contributed by atoms with Crippen LogP contribution in [0.5, 0.6) is 5.75 Å². The van der Waals surface area contributed by atoms with Crippen LogP contribution < -0.4 is 10.5 Å². The van der Waals surface area contributed by atoms with Crippen LogP contribution in [0, 0.1) is 6.92 Å². The standard InChI is InChI=1S/C14H20N2O3/c1-4-19-12-6-5-11(9-10(12)2)7-8-16(3)14(18)13(15)17/h5-6,9H,4,7-8H2,1-3H3,(H2,15,17). The number of nitrogens with zero attached hydrogens (tertiary/aromatic N) is 1. The van der Waals surface area contributed by atoms with Gasteiger partial charge in [-0.2, -0.15) is 0 Å². The summed E-state index contributed by atoms with van der Waals surface area (Å²) in [4.78, 5) is 23.4. The van der Waals surface area contributed by atoms with Crippen LogP contribution in [0.3, 0.4) is 0 Å². The molecule has 0 aliphatic rings. The molecular formula is C14H20N2O3. The number of nitrogens with two attached hydrogens (primary N) is 1. The minimum absolute atomic E-state index is 0.454. The number of likely N-dealkylation sites (N-methyl/N-ethyl adjacent to an activating group) is 1.